The monoisotopic (exact) mass is 339 g/mol. The average molecular weight is 339 g/mol. The predicted molar refractivity (Wildman–Crippen MR) is 64.6 cm³/mol. The van der Waals surface area contributed by atoms with E-state index in [0.717, 1.165) is 12.4 Å². The van der Waals surface area contributed by atoms with Crippen molar-refractivity contribution in [1.29, 1.82) is 0 Å². The highest BCUT2D eigenvalue weighted by molar-refractivity contribution is 7.91. The van der Waals surface area contributed by atoms with Gasteiger partial charge in [0.25, 0.3) is 0 Å². The molecule has 22 heavy (non-hydrogen) atoms. The number of aromatic nitrogens is 3. The minimum Gasteiger partial charge on any atom is -0.427 e. The molecule has 0 saturated heterocycles. The predicted octanol–water partition coefficient (Wildman–Crippen LogP) is 2.18. The van der Waals surface area contributed by atoms with E-state index in [1.54, 1.807) is 0 Å². The van der Waals surface area contributed by atoms with Crippen LogP contribution in [0.5, 0.6) is 5.75 Å². The maximum absolute atomic E-state index is 13.1. The molecule has 1 N–H and O–H groups in total. The zero-order valence-electron chi connectivity index (χ0n) is 10.9. The van der Waals surface area contributed by atoms with Crippen molar-refractivity contribution in [2.24, 2.45) is 0 Å². The van der Waals surface area contributed by atoms with Gasteiger partial charge in [0.05, 0.1) is 0 Å². The number of aromatic amines is 1. The van der Waals surface area contributed by atoms with Gasteiger partial charge in [-0.1, -0.05) is 12.1 Å². The second kappa shape index (κ2) is 5.55. The van der Waals surface area contributed by atoms with E-state index in [2.05, 4.69) is 19.9 Å². The topological polar surface area (TPSA) is 84.9 Å². The molecule has 1 aromatic heterocycles. The third-order valence-electron chi connectivity index (χ3n) is 2.59. The lowest BCUT2D eigenvalue weighted by atomic mass is 10.2. The number of ether oxygens (including phenoxy) is 1. The largest absolute Gasteiger partial charge is 0.461 e. The van der Waals surface area contributed by atoms with Gasteiger partial charge in [-0.2, -0.15) is 22.7 Å². The first kappa shape index (κ1) is 16.2. The summed E-state index contributed by atoms with van der Waals surface area (Å²) < 4.78 is 79.3. The molecule has 2 rings (SSSR count). The number of hydrogen-bond acceptors (Lipinski definition) is 5. The normalized spacial score (nSPS) is 12.6. The van der Waals surface area contributed by atoms with Gasteiger partial charge in [-0.25, -0.2) is 18.5 Å². The summed E-state index contributed by atoms with van der Waals surface area (Å²) in [5.74, 6) is -0.901. The molecular weight excluding hydrogens is 330 g/mol. The second-order valence-corrected chi connectivity index (χ2v) is 5.96. The van der Waals surface area contributed by atoms with E-state index in [1.807, 2.05) is 0 Å². The maximum atomic E-state index is 13.1. The number of hydrogen-bond donors (Lipinski definition) is 1. The second-order valence-electron chi connectivity index (χ2n) is 4.16. The van der Waals surface area contributed by atoms with E-state index < -0.39 is 38.2 Å². The third kappa shape index (κ3) is 2.89. The lowest BCUT2D eigenvalue weighted by Gasteiger charge is -2.19. The van der Waals surface area contributed by atoms with Gasteiger partial charge in [0, 0.05) is 0 Å². The third-order valence-corrected chi connectivity index (χ3v) is 4.36. The first-order valence-corrected chi connectivity index (χ1v) is 7.19. The minimum atomic E-state index is -4.83. The molecule has 0 amide bonds. The molecule has 120 valence electrons. The molecule has 0 aliphatic rings. The molecule has 11 heteroatoms. The molecule has 0 aliphatic heterocycles. The number of benzene rings is 1. The lowest BCUT2D eigenvalue weighted by Crippen LogP contribution is -2.34. The summed E-state index contributed by atoms with van der Waals surface area (Å²) in [7, 11) is -4.39. The van der Waals surface area contributed by atoms with Gasteiger partial charge < -0.3 is 4.74 Å². The lowest BCUT2D eigenvalue weighted by molar-refractivity contribution is -0.254. The van der Waals surface area contributed by atoms with Crippen LogP contribution in [0.4, 0.5) is 17.6 Å². The number of nitrogens with one attached hydrogen (secondary N) is 1. The van der Waals surface area contributed by atoms with Crippen molar-refractivity contribution in [3.8, 4) is 5.75 Å². The zero-order valence-corrected chi connectivity index (χ0v) is 11.7. The van der Waals surface area contributed by atoms with Crippen molar-refractivity contribution in [3.05, 3.63) is 30.1 Å². The molecule has 1 heterocycles. The summed E-state index contributed by atoms with van der Waals surface area (Å²) in [4.78, 5) is 2.74. The summed E-state index contributed by atoms with van der Waals surface area (Å²) in [6.07, 6.45) is -8.05. The van der Waals surface area contributed by atoms with Gasteiger partial charge in [-0.05, 0) is 18.6 Å². The van der Waals surface area contributed by atoms with Crippen LogP contribution in [0.2, 0.25) is 0 Å². The summed E-state index contributed by atoms with van der Waals surface area (Å²) in [5.41, 5.74) is 0.0268. The van der Waals surface area contributed by atoms with E-state index in [0.29, 0.717) is 0 Å². The van der Waals surface area contributed by atoms with Crippen molar-refractivity contribution < 1.29 is 30.7 Å². The fourth-order valence-corrected chi connectivity index (χ4v) is 3.08. The molecular formula is C11H9F4N3O3S. The molecule has 6 nitrogen and oxygen atoms in total. The van der Waals surface area contributed by atoms with Crippen molar-refractivity contribution in [1.82, 2.24) is 15.2 Å². The molecule has 0 spiro atoms. The number of sulfone groups is 1. The van der Waals surface area contributed by atoms with Crippen LogP contribution < -0.4 is 4.74 Å². The molecule has 0 aliphatic carbocycles. The van der Waals surface area contributed by atoms with E-state index in [9.17, 15) is 26.0 Å². The number of aryl methyl sites for hydroxylation is 1. The van der Waals surface area contributed by atoms with Crippen molar-refractivity contribution in [2.75, 3.05) is 0 Å². The summed E-state index contributed by atoms with van der Waals surface area (Å²) in [6.45, 7) is 1.30. The van der Waals surface area contributed by atoms with Gasteiger partial charge in [-0.3, -0.25) is 0 Å². The van der Waals surface area contributed by atoms with Crippen LogP contribution in [0.25, 0.3) is 0 Å². The molecule has 0 radical (unpaired) electrons. The standard InChI is InChI=1S/C11H9F4N3O3S/c1-6-3-2-4-7(21-11(14,15)9(12)13)8(6)22(19,20)10-16-5-17-18-10/h2-5,9H,1H3,(H,16,17,18). The molecule has 0 atom stereocenters. The highest BCUT2D eigenvalue weighted by Crippen LogP contribution is 2.35. The Hall–Kier alpha value is -2.17. The Balaban J connectivity index is 2.58. The Kier molecular flexibility index (Phi) is 4.09. The van der Waals surface area contributed by atoms with E-state index in [4.69, 9.17) is 0 Å². The Morgan fingerprint density at radius 1 is 1.32 bits per heavy atom. The highest BCUT2D eigenvalue weighted by atomic mass is 32.2. The van der Waals surface area contributed by atoms with Crippen LogP contribution in [0, 0.1) is 6.92 Å². The van der Waals surface area contributed by atoms with Crippen molar-refractivity contribution in [3.63, 3.8) is 0 Å². The number of halogens is 4. The fourth-order valence-electron chi connectivity index (χ4n) is 1.66. The van der Waals surface area contributed by atoms with Gasteiger partial charge in [0.1, 0.15) is 17.0 Å². The summed E-state index contributed by atoms with van der Waals surface area (Å²) in [5, 5.41) is 4.81. The van der Waals surface area contributed by atoms with Crippen LogP contribution in [0.15, 0.2) is 34.6 Å². The van der Waals surface area contributed by atoms with Crippen LogP contribution in [0.3, 0.4) is 0 Å². The van der Waals surface area contributed by atoms with Crippen LogP contribution in [-0.2, 0) is 9.84 Å². The highest BCUT2D eigenvalue weighted by Gasteiger charge is 2.45. The molecule has 0 saturated carbocycles. The molecule has 1 aromatic carbocycles. The first-order valence-electron chi connectivity index (χ1n) is 5.71. The molecule has 0 unspecified atom stereocenters. The van der Waals surface area contributed by atoms with E-state index in [1.165, 1.54) is 19.1 Å². The molecule has 0 fully saturated rings. The Morgan fingerprint density at radius 2 is 2.00 bits per heavy atom. The number of nitrogens with zero attached hydrogens (tertiary/aromatic N) is 2. The van der Waals surface area contributed by atoms with E-state index in [-0.39, 0.29) is 5.56 Å². The molecule has 2 aromatic rings. The first-order chi connectivity index (χ1) is 10.2. The quantitative estimate of drug-likeness (QED) is 0.844. The van der Waals surface area contributed by atoms with Gasteiger partial charge in [0.15, 0.2) is 0 Å². The van der Waals surface area contributed by atoms with Crippen LogP contribution in [0.1, 0.15) is 5.56 Å². The maximum Gasteiger partial charge on any atom is 0.461 e. The Morgan fingerprint density at radius 3 is 2.55 bits per heavy atom. The number of alkyl halides is 4. The van der Waals surface area contributed by atoms with Crippen molar-refractivity contribution >= 4 is 9.84 Å². The summed E-state index contributed by atoms with van der Waals surface area (Å²) >= 11 is 0. The fraction of sp³-hybridized carbons (Fsp3) is 0.273. The number of rotatable bonds is 5. The molecule has 0 bridgehead atoms. The smallest absolute Gasteiger partial charge is 0.427 e. The van der Waals surface area contributed by atoms with Gasteiger partial charge >= 0.3 is 12.5 Å². The Labute approximate surface area is 122 Å². The Bertz CT molecular complexity index is 763. The van der Waals surface area contributed by atoms with Gasteiger partial charge in [0.2, 0.25) is 15.0 Å². The minimum absolute atomic E-state index is 0.0268. The van der Waals surface area contributed by atoms with Crippen LogP contribution in [-0.4, -0.2) is 36.1 Å². The van der Waals surface area contributed by atoms with Crippen LogP contribution >= 0.6 is 0 Å². The summed E-state index contributed by atoms with van der Waals surface area (Å²) in [6, 6.07) is 3.36. The van der Waals surface area contributed by atoms with Gasteiger partial charge in [-0.15, -0.1) is 0 Å². The SMILES string of the molecule is Cc1cccc(OC(F)(F)C(F)F)c1S(=O)(=O)c1ncn[nH]1. The average Bonchev–Trinajstić information content (AvgIpc) is 2.92. The van der Waals surface area contributed by atoms with Crippen molar-refractivity contribution in [2.45, 2.75) is 29.5 Å². The zero-order chi connectivity index (χ0) is 16.5. The number of H-pyrrole nitrogens is 1. The van der Waals surface area contributed by atoms with E-state index >= 15 is 0 Å².